The summed E-state index contributed by atoms with van der Waals surface area (Å²) in [6.45, 7) is 2.36. The molecular weight excluding hydrogens is 240 g/mol. The molecule has 0 bridgehead atoms. The maximum Gasteiger partial charge on any atom is 0.157 e. The molecule has 0 aliphatic heterocycles. The van der Waals surface area contributed by atoms with Gasteiger partial charge >= 0.3 is 0 Å². The first-order chi connectivity index (χ1) is 9.31. The van der Waals surface area contributed by atoms with E-state index in [4.69, 9.17) is 0 Å². The van der Waals surface area contributed by atoms with Crippen LogP contribution in [0.1, 0.15) is 31.9 Å². The lowest BCUT2D eigenvalue weighted by Gasteiger charge is -2.21. The van der Waals surface area contributed by atoms with Crippen LogP contribution >= 0.6 is 0 Å². The highest BCUT2D eigenvalue weighted by Crippen LogP contribution is 2.28. The molecular formula is C14H20N4O. The van der Waals surface area contributed by atoms with Crippen molar-refractivity contribution in [2.75, 3.05) is 11.9 Å². The molecule has 0 amide bonds. The fourth-order valence-corrected chi connectivity index (χ4v) is 2.88. The fraction of sp³-hybridized carbons (Fsp3) is 0.571. The zero-order valence-electron chi connectivity index (χ0n) is 11.2. The third-order valence-corrected chi connectivity index (χ3v) is 4.00. The number of aliphatic hydroxyl groups excluding tert-OH is 1. The molecule has 0 aromatic carbocycles. The highest BCUT2D eigenvalue weighted by molar-refractivity contribution is 5.49. The Morgan fingerprint density at radius 3 is 3.16 bits per heavy atom. The Hall–Kier alpha value is -1.62. The second-order valence-electron chi connectivity index (χ2n) is 5.21. The minimum Gasteiger partial charge on any atom is -0.396 e. The van der Waals surface area contributed by atoms with Crippen molar-refractivity contribution in [1.29, 1.82) is 0 Å². The molecule has 1 fully saturated rings. The van der Waals surface area contributed by atoms with E-state index in [0.717, 1.165) is 36.4 Å². The van der Waals surface area contributed by atoms with Crippen LogP contribution in [-0.4, -0.2) is 32.4 Å². The summed E-state index contributed by atoms with van der Waals surface area (Å²) in [7, 11) is 0. The Bertz CT molecular complexity index is 566. The molecule has 2 aromatic rings. The van der Waals surface area contributed by atoms with Gasteiger partial charge in [0.2, 0.25) is 0 Å². The van der Waals surface area contributed by atoms with Crippen LogP contribution in [0, 0.1) is 5.92 Å². The summed E-state index contributed by atoms with van der Waals surface area (Å²) in [5.74, 6) is 1.33. The first-order valence-electron chi connectivity index (χ1n) is 7.03. The van der Waals surface area contributed by atoms with E-state index >= 15 is 0 Å². The first-order valence-corrected chi connectivity index (χ1v) is 7.03. The summed E-state index contributed by atoms with van der Waals surface area (Å²) in [5, 5.41) is 17.3. The minimum atomic E-state index is 0.256. The van der Waals surface area contributed by atoms with E-state index in [9.17, 15) is 5.11 Å². The number of aryl methyl sites for hydroxylation is 1. The molecule has 5 heteroatoms. The van der Waals surface area contributed by atoms with Crippen LogP contribution in [0.25, 0.3) is 5.65 Å². The number of rotatable bonds is 4. The third kappa shape index (κ3) is 2.30. The number of fused-ring (bicyclic) bond motifs is 1. The number of aliphatic hydroxyl groups is 1. The number of aromatic nitrogens is 3. The van der Waals surface area contributed by atoms with Crippen LogP contribution in [0.4, 0.5) is 5.82 Å². The number of hydrogen-bond acceptors (Lipinski definition) is 4. The van der Waals surface area contributed by atoms with Gasteiger partial charge in [0.1, 0.15) is 5.82 Å². The van der Waals surface area contributed by atoms with Crippen molar-refractivity contribution >= 4 is 11.5 Å². The van der Waals surface area contributed by atoms with Crippen LogP contribution in [0.3, 0.4) is 0 Å². The van der Waals surface area contributed by atoms with Crippen molar-refractivity contribution in [2.45, 2.75) is 38.6 Å². The van der Waals surface area contributed by atoms with Gasteiger partial charge in [-0.05, 0) is 19.3 Å². The lowest BCUT2D eigenvalue weighted by Crippen LogP contribution is -2.27. The fourth-order valence-electron chi connectivity index (χ4n) is 2.88. The van der Waals surface area contributed by atoms with Crippen LogP contribution < -0.4 is 5.32 Å². The third-order valence-electron chi connectivity index (χ3n) is 4.00. The van der Waals surface area contributed by atoms with Gasteiger partial charge in [-0.3, -0.25) is 0 Å². The van der Waals surface area contributed by atoms with Crippen LogP contribution in [0.2, 0.25) is 0 Å². The van der Waals surface area contributed by atoms with Crippen LogP contribution in [-0.2, 0) is 6.42 Å². The highest BCUT2D eigenvalue weighted by Gasteiger charge is 2.27. The highest BCUT2D eigenvalue weighted by atomic mass is 16.3. The second kappa shape index (κ2) is 5.17. The van der Waals surface area contributed by atoms with E-state index in [1.165, 1.54) is 6.42 Å². The number of nitrogens with zero attached hydrogens (tertiary/aromatic N) is 3. The molecule has 19 heavy (non-hydrogen) atoms. The SMILES string of the molecule is CCc1cc(N[C@@H]2CCC[C@@H]2CO)n2nccc2n1. The van der Waals surface area contributed by atoms with Gasteiger partial charge in [-0.25, -0.2) is 4.98 Å². The zero-order chi connectivity index (χ0) is 13.2. The van der Waals surface area contributed by atoms with E-state index in [2.05, 4.69) is 28.4 Å². The molecule has 2 N–H and O–H groups in total. The summed E-state index contributed by atoms with van der Waals surface area (Å²) in [6, 6.07) is 4.32. The van der Waals surface area contributed by atoms with E-state index in [1.807, 2.05) is 10.6 Å². The molecule has 2 aromatic heterocycles. The Morgan fingerprint density at radius 1 is 1.47 bits per heavy atom. The lowest BCUT2D eigenvalue weighted by atomic mass is 10.1. The Labute approximate surface area is 112 Å². The quantitative estimate of drug-likeness (QED) is 0.881. The first kappa shape index (κ1) is 12.4. The molecule has 102 valence electrons. The summed E-state index contributed by atoms with van der Waals surface area (Å²) >= 11 is 0. The molecule has 1 aliphatic carbocycles. The van der Waals surface area contributed by atoms with Crippen molar-refractivity contribution in [3.05, 3.63) is 24.0 Å². The average Bonchev–Trinajstić information content (AvgIpc) is 3.06. The Morgan fingerprint density at radius 2 is 2.37 bits per heavy atom. The lowest BCUT2D eigenvalue weighted by molar-refractivity contribution is 0.222. The van der Waals surface area contributed by atoms with Crippen LogP contribution in [0.5, 0.6) is 0 Å². The Kier molecular flexibility index (Phi) is 3.38. The van der Waals surface area contributed by atoms with Gasteiger partial charge in [-0.1, -0.05) is 13.3 Å². The van der Waals surface area contributed by atoms with Crippen molar-refractivity contribution < 1.29 is 5.11 Å². The molecule has 5 nitrogen and oxygen atoms in total. The summed E-state index contributed by atoms with van der Waals surface area (Å²) in [6.07, 6.45) is 6.06. The van der Waals surface area contributed by atoms with Gasteiger partial charge in [0, 0.05) is 36.4 Å². The van der Waals surface area contributed by atoms with Gasteiger partial charge < -0.3 is 10.4 Å². The molecule has 2 atom stereocenters. The Balaban J connectivity index is 1.92. The topological polar surface area (TPSA) is 62.5 Å². The number of nitrogens with one attached hydrogen (secondary N) is 1. The number of anilines is 1. The minimum absolute atomic E-state index is 0.256. The van der Waals surface area contributed by atoms with Crippen molar-refractivity contribution in [3.63, 3.8) is 0 Å². The maximum absolute atomic E-state index is 9.41. The van der Waals surface area contributed by atoms with Gasteiger partial charge in [0.25, 0.3) is 0 Å². The standard InChI is InChI=1S/C14H20N4O/c1-2-11-8-14(18-13(16-11)6-7-15-18)17-12-5-3-4-10(12)9-19/h6-8,10,12,17,19H,2-5,9H2,1H3/t10-,12-/m1/s1. The largest absolute Gasteiger partial charge is 0.396 e. The molecule has 0 unspecified atom stereocenters. The summed E-state index contributed by atoms with van der Waals surface area (Å²) < 4.78 is 1.84. The van der Waals surface area contributed by atoms with Gasteiger partial charge in [0.05, 0.1) is 6.20 Å². The molecule has 1 aliphatic rings. The predicted octanol–water partition coefficient (Wildman–Crippen LogP) is 1.86. The number of hydrogen-bond donors (Lipinski definition) is 2. The monoisotopic (exact) mass is 260 g/mol. The van der Waals surface area contributed by atoms with Gasteiger partial charge in [-0.2, -0.15) is 9.61 Å². The molecule has 0 spiro atoms. The second-order valence-corrected chi connectivity index (χ2v) is 5.21. The van der Waals surface area contributed by atoms with E-state index < -0.39 is 0 Å². The van der Waals surface area contributed by atoms with E-state index in [1.54, 1.807) is 6.20 Å². The van der Waals surface area contributed by atoms with Crippen molar-refractivity contribution in [3.8, 4) is 0 Å². The smallest absolute Gasteiger partial charge is 0.157 e. The van der Waals surface area contributed by atoms with Gasteiger partial charge in [0.15, 0.2) is 5.65 Å². The van der Waals surface area contributed by atoms with Crippen LogP contribution in [0.15, 0.2) is 18.3 Å². The summed E-state index contributed by atoms with van der Waals surface area (Å²) in [5.41, 5.74) is 1.94. The van der Waals surface area contributed by atoms with Crippen molar-refractivity contribution in [2.24, 2.45) is 5.92 Å². The molecule has 0 radical (unpaired) electrons. The summed E-state index contributed by atoms with van der Waals surface area (Å²) in [4.78, 5) is 4.54. The van der Waals surface area contributed by atoms with E-state index in [0.29, 0.717) is 12.0 Å². The van der Waals surface area contributed by atoms with E-state index in [-0.39, 0.29) is 6.61 Å². The normalized spacial score (nSPS) is 23.1. The maximum atomic E-state index is 9.41. The molecule has 1 saturated carbocycles. The van der Waals surface area contributed by atoms with Gasteiger partial charge in [-0.15, -0.1) is 0 Å². The average molecular weight is 260 g/mol. The molecule has 2 heterocycles. The molecule has 3 rings (SSSR count). The predicted molar refractivity (Wildman–Crippen MR) is 74.2 cm³/mol. The molecule has 0 saturated heterocycles. The van der Waals surface area contributed by atoms with Crippen molar-refractivity contribution in [1.82, 2.24) is 14.6 Å². The zero-order valence-corrected chi connectivity index (χ0v) is 11.2.